The lowest BCUT2D eigenvalue weighted by atomic mass is 10.2. The zero-order valence-electron chi connectivity index (χ0n) is 12.2. The molecule has 0 radical (unpaired) electrons. The molecule has 0 aliphatic rings. The molecule has 1 heterocycles. The lowest BCUT2D eigenvalue weighted by Crippen LogP contribution is -2.24. The zero-order chi connectivity index (χ0) is 15.6. The van der Waals surface area contributed by atoms with Gasteiger partial charge < -0.3 is 14.8 Å². The fourth-order valence-corrected chi connectivity index (χ4v) is 1.72. The van der Waals surface area contributed by atoms with E-state index in [0.29, 0.717) is 17.1 Å². The van der Waals surface area contributed by atoms with Crippen LogP contribution >= 0.6 is 0 Å². The highest BCUT2D eigenvalue weighted by Gasteiger charge is 2.09. The molecule has 0 spiro atoms. The van der Waals surface area contributed by atoms with Gasteiger partial charge >= 0.3 is 0 Å². The molecule has 5 nitrogen and oxygen atoms in total. The summed E-state index contributed by atoms with van der Waals surface area (Å²) < 4.78 is 10.5. The van der Waals surface area contributed by atoms with Gasteiger partial charge in [0.1, 0.15) is 18.1 Å². The second-order valence-corrected chi connectivity index (χ2v) is 4.21. The number of para-hydroxylation sites is 1. The van der Waals surface area contributed by atoms with E-state index in [1.165, 1.54) is 7.11 Å². The van der Waals surface area contributed by atoms with Crippen LogP contribution in [-0.4, -0.2) is 31.2 Å². The summed E-state index contributed by atoms with van der Waals surface area (Å²) in [4.78, 5) is 15.9. The molecule has 5 heteroatoms. The van der Waals surface area contributed by atoms with Crippen LogP contribution in [0.1, 0.15) is 10.4 Å². The molecule has 0 saturated heterocycles. The highest BCUT2D eigenvalue weighted by Crippen LogP contribution is 2.16. The molecule has 0 unspecified atom stereocenters. The first-order chi connectivity index (χ1) is 10.8. The Bertz CT molecular complexity index is 675. The Morgan fingerprint density at radius 2 is 2.09 bits per heavy atom. The first-order valence-corrected chi connectivity index (χ1v) is 6.71. The lowest BCUT2D eigenvalue weighted by Gasteiger charge is -2.06. The van der Waals surface area contributed by atoms with Gasteiger partial charge in [-0.15, -0.1) is 0 Å². The number of amides is 1. The fraction of sp³-hybridized carbons (Fsp3) is 0.176. The Hall–Kier alpha value is -3.00. The van der Waals surface area contributed by atoms with Gasteiger partial charge in [0.25, 0.3) is 5.91 Å². The van der Waals surface area contributed by atoms with Crippen molar-refractivity contribution in [2.24, 2.45) is 0 Å². The first-order valence-electron chi connectivity index (χ1n) is 6.71. The van der Waals surface area contributed by atoms with Crippen LogP contribution in [0.25, 0.3) is 0 Å². The number of nitrogens with zero attached hydrogens (tertiary/aromatic N) is 1. The number of nitrogens with one attached hydrogen (secondary N) is 1. The Balaban J connectivity index is 1.77. The number of methoxy groups -OCH3 is 1. The van der Waals surface area contributed by atoms with Crippen molar-refractivity contribution in [3.63, 3.8) is 0 Å². The molecule has 2 aromatic rings. The van der Waals surface area contributed by atoms with Crippen LogP contribution in [0.3, 0.4) is 0 Å². The number of aromatic nitrogens is 1. The number of benzene rings is 1. The largest absolute Gasteiger partial charge is 0.496 e. The van der Waals surface area contributed by atoms with Crippen LogP contribution in [0.2, 0.25) is 0 Å². The molecular formula is C17H16N2O3. The second kappa shape index (κ2) is 8.32. The molecule has 0 atom stereocenters. The van der Waals surface area contributed by atoms with Crippen molar-refractivity contribution < 1.29 is 14.3 Å². The van der Waals surface area contributed by atoms with Crippen LogP contribution in [0, 0.1) is 11.8 Å². The van der Waals surface area contributed by atoms with E-state index in [1.807, 2.05) is 6.07 Å². The molecule has 1 amide bonds. The molecule has 0 aliphatic carbocycles. The predicted octanol–water partition coefficient (Wildman–Crippen LogP) is 1.90. The van der Waals surface area contributed by atoms with Crippen LogP contribution in [0.15, 0.2) is 48.8 Å². The van der Waals surface area contributed by atoms with Crippen LogP contribution in [0.5, 0.6) is 11.5 Å². The van der Waals surface area contributed by atoms with Crippen molar-refractivity contribution in [3.05, 3.63) is 54.4 Å². The third-order valence-corrected chi connectivity index (χ3v) is 2.76. The van der Waals surface area contributed by atoms with E-state index in [-0.39, 0.29) is 19.1 Å². The number of rotatable bonds is 5. The highest BCUT2D eigenvalue weighted by molar-refractivity contribution is 5.97. The normalized spacial score (nSPS) is 9.32. The summed E-state index contributed by atoms with van der Waals surface area (Å²) in [6.45, 7) is 0.490. The van der Waals surface area contributed by atoms with E-state index < -0.39 is 0 Å². The summed E-state index contributed by atoms with van der Waals surface area (Å²) >= 11 is 0. The van der Waals surface area contributed by atoms with Crippen molar-refractivity contribution in [1.29, 1.82) is 0 Å². The minimum absolute atomic E-state index is 0.222. The summed E-state index contributed by atoms with van der Waals surface area (Å²) in [6, 6.07) is 10.6. The smallest absolute Gasteiger partial charge is 0.255 e. The van der Waals surface area contributed by atoms with E-state index >= 15 is 0 Å². The summed E-state index contributed by atoms with van der Waals surface area (Å²) in [6.07, 6.45) is 3.29. The molecule has 112 valence electrons. The predicted molar refractivity (Wildman–Crippen MR) is 82.8 cm³/mol. The van der Waals surface area contributed by atoms with Gasteiger partial charge in [-0.2, -0.15) is 0 Å². The van der Waals surface area contributed by atoms with Gasteiger partial charge in [0, 0.05) is 6.20 Å². The zero-order valence-corrected chi connectivity index (χ0v) is 12.2. The maximum atomic E-state index is 12.0. The summed E-state index contributed by atoms with van der Waals surface area (Å²) in [5.41, 5.74) is 0.485. The third-order valence-electron chi connectivity index (χ3n) is 2.76. The number of carbonyl (C=O) groups is 1. The van der Waals surface area contributed by atoms with Crippen molar-refractivity contribution in [2.45, 2.75) is 0 Å². The van der Waals surface area contributed by atoms with Crippen LogP contribution in [-0.2, 0) is 0 Å². The first kappa shape index (κ1) is 15.4. The maximum absolute atomic E-state index is 12.0. The molecule has 0 saturated carbocycles. The van der Waals surface area contributed by atoms with Crippen LogP contribution in [0.4, 0.5) is 0 Å². The second-order valence-electron chi connectivity index (χ2n) is 4.21. The van der Waals surface area contributed by atoms with E-state index in [4.69, 9.17) is 9.47 Å². The van der Waals surface area contributed by atoms with Crippen LogP contribution < -0.4 is 14.8 Å². The summed E-state index contributed by atoms with van der Waals surface area (Å²) in [7, 11) is 1.53. The van der Waals surface area contributed by atoms with Crippen molar-refractivity contribution in [2.75, 3.05) is 20.3 Å². The van der Waals surface area contributed by atoms with E-state index in [1.54, 1.807) is 42.7 Å². The Labute approximate surface area is 129 Å². The molecule has 2 rings (SSSR count). The topological polar surface area (TPSA) is 60.5 Å². The number of carbonyl (C=O) groups excluding carboxylic acids is 1. The Kier molecular flexibility index (Phi) is 5.82. The van der Waals surface area contributed by atoms with Gasteiger partial charge in [0.15, 0.2) is 0 Å². The van der Waals surface area contributed by atoms with Crippen molar-refractivity contribution in [1.82, 2.24) is 10.3 Å². The maximum Gasteiger partial charge on any atom is 0.255 e. The van der Waals surface area contributed by atoms with Gasteiger partial charge in [-0.25, -0.2) is 0 Å². The molecule has 22 heavy (non-hydrogen) atoms. The van der Waals surface area contributed by atoms with E-state index in [0.717, 1.165) is 0 Å². The van der Waals surface area contributed by atoms with Crippen molar-refractivity contribution >= 4 is 5.91 Å². The summed E-state index contributed by atoms with van der Waals surface area (Å²) in [5, 5.41) is 2.71. The quantitative estimate of drug-likeness (QED) is 0.856. The van der Waals surface area contributed by atoms with Gasteiger partial charge in [-0.05, 0) is 24.3 Å². The Morgan fingerprint density at radius 1 is 1.23 bits per heavy atom. The summed E-state index contributed by atoms with van der Waals surface area (Å²) in [5.74, 6) is 6.62. The highest BCUT2D eigenvalue weighted by atomic mass is 16.5. The molecule has 0 fully saturated rings. The monoisotopic (exact) mass is 296 g/mol. The lowest BCUT2D eigenvalue weighted by molar-refractivity contribution is 0.0955. The van der Waals surface area contributed by atoms with Gasteiger partial charge in [0.05, 0.1) is 25.4 Å². The minimum Gasteiger partial charge on any atom is -0.496 e. The average molecular weight is 296 g/mol. The minimum atomic E-state index is -0.222. The van der Waals surface area contributed by atoms with Gasteiger partial charge in [-0.3, -0.25) is 9.78 Å². The number of ether oxygens (including phenoxy) is 2. The molecule has 0 aliphatic heterocycles. The van der Waals surface area contributed by atoms with Gasteiger partial charge in [0.2, 0.25) is 0 Å². The molecular weight excluding hydrogens is 280 g/mol. The van der Waals surface area contributed by atoms with E-state index in [9.17, 15) is 4.79 Å². The molecule has 1 aromatic carbocycles. The average Bonchev–Trinajstić information content (AvgIpc) is 2.58. The molecule has 1 N–H and O–H groups in total. The molecule has 1 aromatic heterocycles. The SMILES string of the molecule is COc1ccccc1C(=O)NCC#CCOc1cccnc1. The standard InChI is InChI=1S/C17H16N2O3/c1-21-16-9-3-2-8-15(16)17(20)19-11-4-5-12-22-14-7-6-10-18-13-14/h2-3,6-10,13H,11-12H2,1H3,(H,19,20). The fourth-order valence-electron chi connectivity index (χ4n) is 1.72. The van der Waals surface area contributed by atoms with Gasteiger partial charge in [-0.1, -0.05) is 24.0 Å². The number of hydrogen-bond donors (Lipinski definition) is 1. The number of pyridine rings is 1. The number of hydrogen-bond acceptors (Lipinski definition) is 4. The molecule has 0 bridgehead atoms. The van der Waals surface area contributed by atoms with E-state index in [2.05, 4.69) is 22.1 Å². The third kappa shape index (κ3) is 4.53. The Morgan fingerprint density at radius 3 is 2.86 bits per heavy atom. The van der Waals surface area contributed by atoms with Crippen molar-refractivity contribution in [3.8, 4) is 23.3 Å².